The number of ether oxygens (including phenoxy) is 2. The fourth-order valence-electron chi connectivity index (χ4n) is 2.14. The van der Waals surface area contributed by atoms with Crippen molar-refractivity contribution in [3.63, 3.8) is 0 Å². The average molecular weight is 321 g/mol. The fraction of sp³-hybridized carbons (Fsp3) is 0.471. The Hall–Kier alpha value is -2.37. The van der Waals surface area contributed by atoms with Crippen molar-refractivity contribution in [1.82, 2.24) is 4.90 Å². The first-order valence-electron chi connectivity index (χ1n) is 7.65. The van der Waals surface area contributed by atoms with Crippen LogP contribution in [0.15, 0.2) is 30.3 Å². The molecule has 0 N–H and O–H groups in total. The van der Waals surface area contributed by atoms with Gasteiger partial charge in [0.15, 0.2) is 0 Å². The Bertz CT molecular complexity index is 529. The molecule has 1 atom stereocenters. The zero-order valence-electron chi connectivity index (χ0n) is 13.8. The van der Waals surface area contributed by atoms with Gasteiger partial charge in [0.05, 0.1) is 19.3 Å². The van der Waals surface area contributed by atoms with Crippen LogP contribution in [0, 0.1) is 0 Å². The van der Waals surface area contributed by atoms with Crippen molar-refractivity contribution in [3.05, 3.63) is 35.9 Å². The van der Waals surface area contributed by atoms with Gasteiger partial charge in [0.25, 0.3) is 0 Å². The van der Waals surface area contributed by atoms with Gasteiger partial charge in [-0.2, -0.15) is 0 Å². The molecular formula is C17H23NO5. The average Bonchev–Trinajstić information content (AvgIpc) is 2.53. The molecule has 0 aliphatic carbocycles. The molecule has 1 amide bonds. The molecule has 0 aliphatic rings. The van der Waals surface area contributed by atoms with Crippen molar-refractivity contribution >= 4 is 17.8 Å². The second kappa shape index (κ2) is 9.61. The highest BCUT2D eigenvalue weighted by atomic mass is 16.5. The molecule has 0 radical (unpaired) electrons. The Morgan fingerprint density at radius 1 is 1.00 bits per heavy atom. The van der Waals surface area contributed by atoms with E-state index in [1.165, 1.54) is 4.90 Å². The Morgan fingerprint density at radius 2 is 1.57 bits per heavy atom. The van der Waals surface area contributed by atoms with Crippen LogP contribution < -0.4 is 0 Å². The molecule has 1 aromatic carbocycles. The molecule has 0 heterocycles. The topological polar surface area (TPSA) is 72.9 Å². The SMILES string of the molecule is CCOC(=O)CC(=O)N(CC(=O)OCC)[C@H](C)c1ccccc1. The molecule has 0 saturated carbocycles. The van der Waals surface area contributed by atoms with Gasteiger partial charge in [0.1, 0.15) is 13.0 Å². The molecule has 0 aliphatic heterocycles. The third-order valence-corrected chi connectivity index (χ3v) is 3.28. The lowest BCUT2D eigenvalue weighted by Crippen LogP contribution is -2.39. The number of carbonyl (C=O) groups is 3. The first kappa shape index (κ1) is 18.7. The lowest BCUT2D eigenvalue weighted by atomic mass is 10.1. The van der Waals surface area contributed by atoms with Crippen LogP contribution in [0.3, 0.4) is 0 Å². The molecule has 6 heteroatoms. The lowest BCUT2D eigenvalue weighted by Gasteiger charge is -2.28. The maximum atomic E-state index is 12.4. The Kier molecular flexibility index (Phi) is 7.80. The van der Waals surface area contributed by atoms with E-state index in [-0.39, 0.29) is 25.8 Å². The summed E-state index contributed by atoms with van der Waals surface area (Å²) in [5.41, 5.74) is 0.869. The molecule has 0 spiro atoms. The minimum Gasteiger partial charge on any atom is -0.466 e. The second-order valence-electron chi connectivity index (χ2n) is 4.90. The van der Waals surface area contributed by atoms with E-state index < -0.39 is 24.3 Å². The van der Waals surface area contributed by atoms with E-state index in [2.05, 4.69) is 0 Å². The van der Waals surface area contributed by atoms with Crippen molar-refractivity contribution in [3.8, 4) is 0 Å². The standard InChI is InChI=1S/C17H23NO5/c1-4-22-16(20)11-15(19)18(12-17(21)23-5-2)13(3)14-9-7-6-8-10-14/h6-10,13H,4-5,11-12H2,1-3H3/t13-/m1/s1. The number of nitrogens with zero attached hydrogens (tertiary/aromatic N) is 1. The number of hydrogen-bond acceptors (Lipinski definition) is 5. The van der Waals surface area contributed by atoms with E-state index in [4.69, 9.17) is 9.47 Å². The van der Waals surface area contributed by atoms with Crippen LogP contribution in [0.4, 0.5) is 0 Å². The molecule has 1 rings (SSSR count). The predicted octanol–water partition coefficient (Wildman–Crippen LogP) is 2.09. The van der Waals surface area contributed by atoms with Crippen LogP contribution in [0.25, 0.3) is 0 Å². The van der Waals surface area contributed by atoms with E-state index in [9.17, 15) is 14.4 Å². The molecule has 6 nitrogen and oxygen atoms in total. The minimum absolute atomic E-state index is 0.206. The van der Waals surface area contributed by atoms with E-state index in [1.54, 1.807) is 20.8 Å². The summed E-state index contributed by atoms with van der Waals surface area (Å²) in [4.78, 5) is 37.1. The van der Waals surface area contributed by atoms with Gasteiger partial charge in [-0.3, -0.25) is 14.4 Å². The zero-order chi connectivity index (χ0) is 17.2. The number of carbonyl (C=O) groups excluding carboxylic acids is 3. The maximum absolute atomic E-state index is 12.4. The van der Waals surface area contributed by atoms with Gasteiger partial charge in [0, 0.05) is 0 Å². The first-order chi connectivity index (χ1) is 11.0. The summed E-state index contributed by atoms with van der Waals surface area (Å²) < 4.78 is 9.71. The number of esters is 2. The van der Waals surface area contributed by atoms with E-state index >= 15 is 0 Å². The second-order valence-corrected chi connectivity index (χ2v) is 4.90. The van der Waals surface area contributed by atoms with Gasteiger partial charge >= 0.3 is 11.9 Å². The monoisotopic (exact) mass is 321 g/mol. The van der Waals surface area contributed by atoms with Gasteiger partial charge in [-0.05, 0) is 26.3 Å². The number of amides is 1. The molecule has 0 saturated heterocycles. The van der Waals surface area contributed by atoms with Crippen LogP contribution in [0.2, 0.25) is 0 Å². The Morgan fingerprint density at radius 3 is 2.13 bits per heavy atom. The normalized spacial score (nSPS) is 11.4. The third kappa shape index (κ3) is 6.10. The minimum atomic E-state index is -0.605. The summed E-state index contributed by atoms with van der Waals surface area (Å²) in [6.07, 6.45) is -0.398. The van der Waals surface area contributed by atoms with Crippen molar-refractivity contribution in [2.45, 2.75) is 33.2 Å². The van der Waals surface area contributed by atoms with Crippen LogP contribution in [0.1, 0.15) is 38.8 Å². The molecule has 126 valence electrons. The summed E-state index contributed by atoms with van der Waals surface area (Å²) in [7, 11) is 0. The van der Waals surface area contributed by atoms with Crippen LogP contribution in [-0.4, -0.2) is 42.5 Å². The van der Waals surface area contributed by atoms with Gasteiger partial charge in [0.2, 0.25) is 5.91 Å². The van der Waals surface area contributed by atoms with Crippen LogP contribution in [0.5, 0.6) is 0 Å². The number of hydrogen-bond donors (Lipinski definition) is 0. The highest BCUT2D eigenvalue weighted by Gasteiger charge is 2.26. The highest BCUT2D eigenvalue weighted by molar-refractivity contribution is 5.95. The van der Waals surface area contributed by atoms with Crippen molar-refractivity contribution in [2.24, 2.45) is 0 Å². The number of benzene rings is 1. The van der Waals surface area contributed by atoms with Crippen LogP contribution in [-0.2, 0) is 23.9 Å². The maximum Gasteiger partial charge on any atom is 0.325 e. The Balaban J connectivity index is 2.89. The van der Waals surface area contributed by atoms with Gasteiger partial charge in [-0.15, -0.1) is 0 Å². The van der Waals surface area contributed by atoms with Gasteiger partial charge in [-0.25, -0.2) is 0 Å². The first-order valence-corrected chi connectivity index (χ1v) is 7.65. The molecule has 0 aromatic heterocycles. The summed E-state index contributed by atoms with van der Waals surface area (Å²) >= 11 is 0. The molecule has 0 unspecified atom stereocenters. The summed E-state index contributed by atoms with van der Waals surface area (Å²) in [6.45, 7) is 5.41. The fourth-order valence-corrected chi connectivity index (χ4v) is 2.14. The van der Waals surface area contributed by atoms with Gasteiger partial charge in [-0.1, -0.05) is 30.3 Å². The zero-order valence-corrected chi connectivity index (χ0v) is 13.8. The quantitative estimate of drug-likeness (QED) is 0.541. The highest BCUT2D eigenvalue weighted by Crippen LogP contribution is 2.21. The van der Waals surface area contributed by atoms with Crippen molar-refractivity contribution < 1.29 is 23.9 Å². The molecular weight excluding hydrogens is 298 g/mol. The predicted molar refractivity (Wildman–Crippen MR) is 84.5 cm³/mol. The smallest absolute Gasteiger partial charge is 0.325 e. The molecule has 0 bridgehead atoms. The van der Waals surface area contributed by atoms with Crippen molar-refractivity contribution in [2.75, 3.05) is 19.8 Å². The van der Waals surface area contributed by atoms with E-state index in [1.807, 2.05) is 30.3 Å². The van der Waals surface area contributed by atoms with Gasteiger partial charge < -0.3 is 14.4 Å². The molecule has 0 fully saturated rings. The Labute approximate surface area is 136 Å². The van der Waals surface area contributed by atoms with Crippen molar-refractivity contribution in [1.29, 1.82) is 0 Å². The van der Waals surface area contributed by atoms with E-state index in [0.717, 1.165) is 5.56 Å². The third-order valence-electron chi connectivity index (χ3n) is 3.28. The van der Waals surface area contributed by atoms with Crippen LogP contribution >= 0.6 is 0 Å². The summed E-state index contributed by atoms with van der Waals surface area (Å²) in [5, 5.41) is 0. The molecule has 23 heavy (non-hydrogen) atoms. The summed E-state index contributed by atoms with van der Waals surface area (Å²) in [6, 6.07) is 8.93. The lowest BCUT2D eigenvalue weighted by molar-refractivity contribution is -0.155. The molecule has 1 aromatic rings. The summed E-state index contributed by atoms with van der Waals surface area (Å²) in [5.74, 6) is -1.58. The largest absolute Gasteiger partial charge is 0.466 e. The number of rotatable bonds is 8. The van der Waals surface area contributed by atoms with E-state index in [0.29, 0.717) is 0 Å².